The summed E-state index contributed by atoms with van der Waals surface area (Å²) in [5.41, 5.74) is 3.16. The number of nitrogens with zero attached hydrogens (tertiary/aromatic N) is 1. The zero-order valence-corrected chi connectivity index (χ0v) is 20.1. The van der Waals surface area contributed by atoms with E-state index in [1.165, 1.54) is 14.2 Å². The average Bonchev–Trinajstić information content (AvgIpc) is 3.33. The number of imidazole rings is 1. The van der Waals surface area contributed by atoms with E-state index in [9.17, 15) is 9.59 Å². The van der Waals surface area contributed by atoms with Crippen LogP contribution in [0, 0.1) is 6.92 Å². The molecule has 36 heavy (non-hydrogen) atoms. The molecule has 0 aliphatic heterocycles. The Kier molecular flexibility index (Phi) is 6.16. The minimum absolute atomic E-state index is 0.151. The number of nitrogens with one attached hydrogen (secondary N) is 2. The molecule has 8 nitrogen and oxygen atoms in total. The minimum atomic E-state index is -0.596. The van der Waals surface area contributed by atoms with Crippen molar-refractivity contribution in [2.45, 2.75) is 19.4 Å². The average molecular weight is 484 g/mol. The maximum atomic E-state index is 13.3. The highest BCUT2D eigenvalue weighted by atomic mass is 16.5. The third-order valence-corrected chi connectivity index (χ3v) is 6.25. The van der Waals surface area contributed by atoms with Crippen LogP contribution in [0.5, 0.6) is 11.5 Å². The molecule has 8 heteroatoms. The van der Waals surface area contributed by atoms with Crippen molar-refractivity contribution in [2.24, 2.45) is 0 Å². The summed E-state index contributed by atoms with van der Waals surface area (Å²) in [5.74, 6) is 1.06. The van der Waals surface area contributed by atoms with Crippen molar-refractivity contribution in [3.8, 4) is 11.5 Å². The lowest BCUT2D eigenvalue weighted by atomic mass is 10.0. The number of carbonyl (C=O) groups is 1. The number of aryl methyl sites for hydroxylation is 1. The molecule has 1 amide bonds. The predicted molar refractivity (Wildman–Crippen MR) is 137 cm³/mol. The van der Waals surface area contributed by atoms with E-state index >= 15 is 0 Å². The van der Waals surface area contributed by atoms with Gasteiger partial charge in [0.25, 0.3) is 0 Å². The number of rotatable bonds is 7. The first kappa shape index (κ1) is 23.2. The number of amides is 1. The number of hydrogen-bond donors (Lipinski definition) is 2. The van der Waals surface area contributed by atoms with Crippen molar-refractivity contribution in [2.75, 3.05) is 14.2 Å². The van der Waals surface area contributed by atoms with Crippen LogP contribution in [0.25, 0.3) is 22.0 Å². The highest BCUT2D eigenvalue weighted by Gasteiger charge is 2.23. The third-order valence-electron chi connectivity index (χ3n) is 6.25. The smallest absolute Gasteiger partial charge is 0.340 e. The van der Waals surface area contributed by atoms with Crippen molar-refractivity contribution in [1.82, 2.24) is 15.3 Å². The molecule has 2 N–H and O–H groups in total. The molecule has 0 aliphatic carbocycles. The van der Waals surface area contributed by atoms with Gasteiger partial charge in [0.2, 0.25) is 11.7 Å². The standard InChI is InChI=1S/C28H25N3O5/c1-16-18-13-14-22(34-2)26(35-3)25(18)36-28(33)19(16)15-23(32)31-24(17-9-5-4-6-10-17)27-29-20-11-7-8-12-21(20)30-27/h4-14,24H,15H2,1-3H3,(H,29,30)(H,31,32)/t24-/m0/s1. The van der Waals surface area contributed by atoms with Crippen molar-refractivity contribution in [1.29, 1.82) is 0 Å². The summed E-state index contributed by atoms with van der Waals surface area (Å²) in [6.45, 7) is 1.79. The van der Waals surface area contributed by atoms with Gasteiger partial charge in [0.1, 0.15) is 11.9 Å². The second-order valence-corrected chi connectivity index (χ2v) is 8.40. The van der Waals surface area contributed by atoms with Crippen molar-refractivity contribution >= 4 is 27.9 Å². The second-order valence-electron chi connectivity index (χ2n) is 8.40. The molecule has 0 unspecified atom stereocenters. The molecule has 0 saturated heterocycles. The summed E-state index contributed by atoms with van der Waals surface area (Å²) >= 11 is 0. The molecule has 182 valence electrons. The Balaban J connectivity index is 1.49. The van der Waals surface area contributed by atoms with Crippen LogP contribution in [0.1, 0.15) is 28.6 Å². The maximum absolute atomic E-state index is 13.3. The fraction of sp³-hybridized carbons (Fsp3) is 0.179. The number of methoxy groups -OCH3 is 2. The molecule has 1 atom stereocenters. The summed E-state index contributed by atoms with van der Waals surface area (Å²) in [6.07, 6.45) is -0.151. The Bertz CT molecular complexity index is 1590. The van der Waals surface area contributed by atoms with Crippen LogP contribution in [0.15, 0.2) is 75.9 Å². The van der Waals surface area contributed by atoms with Gasteiger partial charge in [-0.15, -0.1) is 0 Å². The molecule has 2 heterocycles. The first-order chi connectivity index (χ1) is 17.5. The van der Waals surface area contributed by atoms with Crippen LogP contribution in [0.4, 0.5) is 0 Å². The Morgan fingerprint density at radius 3 is 2.50 bits per heavy atom. The Morgan fingerprint density at radius 1 is 1.03 bits per heavy atom. The van der Waals surface area contributed by atoms with Gasteiger partial charge >= 0.3 is 5.63 Å². The summed E-state index contributed by atoms with van der Waals surface area (Å²) in [4.78, 5) is 34.2. The molecule has 5 aromatic rings. The fourth-order valence-corrected chi connectivity index (χ4v) is 4.41. The van der Waals surface area contributed by atoms with E-state index < -0.39 is 11.7 Å². The maximum Gasteiger partial charge on any atom is 0.340 e. The minimum Gasteiger partial charge on any atom is -0.493 e. The lowest BCUT2D eigenvalue weighted by Crippen LogP contribution is -2.32. The number of benzene rings is 3. The topological polar surface area (TPSA) is 106 Å². The predicted octanol–water partition coefficient (Wildman–Crippen LogP) is 4.44. The van der Waals surface area contributed by atoms with Crippen molar-refractivity contribution in [3.63, 3.8) is 0 Å². The number of ether oxygens (including phenoxy) is 2. The lowest BCUT2D eigenvalue weighted by Gasteiger charge is -2.18. The van der Waals surface area contributed by atoms with Crippen LogP contribution in [0.2, 0.25) is 0 Å². The van der Waals surface area contributed by atoms with Crippen LogP contribution >= 0.6 is 0 Å². The van der Waals surface area contributed by atoms with Crippen molar-refractivity contribution in [3.05, 3.63) is 99.7 Å². The highest BCUT2D eigenvalue weighted by Crippen LogP contribution is 2.36. The number of carbonyl (C=O) groups excluding carboxylic acids is 1. The summed E-state index contributed by atoms with van der Waals surface area (Å²) < 4.78 is 16.3. The zero-order chi connectivity index (χ0) is 25.2. The summed E-state index contributed by atoms with van der Waals surface area (Å²) in [5, 5.41) is 3.72. The number of hydrogen-bond acceptors (Lipinski definition) is 6. The largest absolute Gasteiger partial charge is 0.493 e. The van der Waals surface area contributed by atoms with Crippen LogP contribution < -0.4 is 20.4 Å². The van der Waals surface area contributed by atoms with E-state index in [4.69, 9.17) is 13.9 Å². The Labute approximate surface area is 206 Å². The number of aromatic nitrogens is 2. The second kappa shape index (κ2) is 9.58. The van der Waals surface area contributed by atoms with Gasteiger partial charge in [-0.05, 0) is 42.3 Å². The monoisotopic (exact) mass is 483 g/mol. The van der Waals surface area contributed by atoms with E-state index in [0.717, 1.165) is 16.6 Å². The molecule has 0 radical (unpaired) electrons. The van der Waals surface area contributed by atoms with Gasteiger partial charge in [0, 0.05) is 5.39 Å². The van der Waals surface area contributed by atoms with E-state index in [1.54, 1.807) is 19.1 Å². The SMILES string of the molecule is COc1ccc2c(C)c(CC(=O)N[C@@H](c3ccccc3)c3nc4ccccc4[nH]3)c(=O)oc2c1OC. The molecule has 0 aliphatic rings. The van der Waals surface area contributed by atoms with Gasteiger partial charge in [-0.25, -0.2) is 9.78 Å². The number of para-hydroxylation sites is 2. The van der Waals surface area contributed by atoms with Crippen molar-refractivity contribution < 1.29 is 18.7 Å². The highest BCUT2D eigenvalue weighted by molar-refractivity contribution is 5.90. The van der Waals surface area contributed by atoms with Crippen LogP contribution in [-0.4, -0.2) is 30.1 Å². The third kappa shape index (κ3) is 4.17. The normalized spacial score (nSPS) is 12.0. The summed E-state index contributed by atoms with van der Waals surface area (Å²) in [7, 11) is 2.99. The molecule has 0 spiro atoms. The molecule has 0 bridgehead atoms. The van der Waals surface area contributed by atoms with Crippen LogP contribution in [0.3, 0.4) is 0 Å². The van der Waals surface area contributed by atoms with E-state index in [0.29, 0.717) is 28.3 Å². The van der Waals surface area contributed by atoms with Gasteiger partial charge < -0.3 is 24.2 Å². The Morgan fingerprint density at radius 2 is 1.78 bits per heavy atom. The summed E-state index contributed by atoms with van der Waals surface area (Å²) in [6, 6.07) is 20.2. The number of aromatic amines is 1. The first-order valence-electron chi connectivity index (χ1n) is 11.5. The van der Waals surface area contributed by atoms with Gasteiger partial charge in [-0.1, -0.05) is 42.5 Å². The number of fused-ring (bicyclic) bond motifs is 2. The molecule has 0 fully saturated rings. The van der Waals surface area contributed by atoms with Gasteiger partial charge in [0.15, 0.2) is 11.3 Å². The van der Waals surface area contributed by atoms with E-state index in [1.807, 2.05) is 54.6 Å². The van der Waals surface area contributed by atoms with Gasteiger partial charge in [-0.3, -0.25) is 4.79 Å². The van der Waals surface area contributed by atoms with E-state index in [2.05, 4.69) is 15.3 Å². The number of H-pyrrole nitrogens is 1. The molecule has 2 aromatic heterocycles. The molecular weight excluding hydrogens is 458 g/mol. The van der Waals surface area contributed by atoms with Gasteiger partial charge in [0.05, 0.1) is 37.2 Å². The van der Waals surface area contributed by atoms with Crippen LogP contribution in [-0.2, 0) is 11.2 Å². The van der Waals surface area contributed by atoms with Gasteiger partial charge in [-0.2, -0.15) is 0 Å². The molecule has 0 saturated carbocycles. The molecular formula is C28H25N3O5. The molecule has 5 rings (SSSR count). The first-order valence-corrected chi connectivity index (χ1v) is 11.5. The fourth-order valence-electron chi connectivity index (χ4n) is 4.41. The lowest BCUT2D eigenvalue weighted by molar-refractivity contribution is -0.121. The van der Waals surface area contributed by atoms with E-state index in [-0.39, 0.29) is 23.5 Å². The zero-order valence-electron chi connectivity index (χ0n) is 20.1. The Hall–Kier alpha value is -4.59. The molecule has 3 aromatic carbocycles. The quantitative estimate of drug-likeness (QED) is 0.332.